The molecular weight excluding hydrogens is 226 g/mol. The second-order valence-corrected chi connectivity index (χ2v) is 4.65. The molecule has 2 amide bonds. The number of urea groups is 1. The van der Waals surface area contributed by atoms with Crippen LogP contribution in [0.15, 0.2) is 18.2 Å². The maximum absolute atomic E-state index is 12.3. The van der Waals surface area contributed by atoms with Crippen LogP contribution in [0.3, 0.4) is 0 Å². The fourth-order valence-corrected chi connectivity index (χ4v) is 2.43. The average Bonchev–Trinajstić information content (AvgIpc) is 2.39. The van der Waals surface area contributed by atoms with Gasteiger partial charge in [-0.1, -0.05) is 6.07 Å². The summed E-state index contributed by atoms with van der Waals surface area (Å²) in [5.74, 6) is 0. The molecule has 0 bridgehead atoms. The Bertz CT molecular complexity index is 441. The molecule has 0 spiro atoms. The van der Waals surface area contributed by atoms with Crippen LogP contribution >= 0.6 is 0 Å². The first-order valence-corrected chi connectivity index (χ1v) is 6.56. The van der Waals surface area contributed by atoms with Crippen LogP contribution in [0.25, 0.3) is 0 Å². The van der Waals surface area contributed by atoms with E-state index in [1.165, 1.54) is 11.1 Å². The third kappa shape index (κ3) is 2.42. The molecule has 1 aliphatic rings. The highest BCUT2D eigenvalue weighted by molar-refractivity contribution is 5.75. The van der Waals surface area contributed by atoms with Crippen molar-refractivity contribution in [1.82, 2.24) is 9.80 Å². The van der Waals surface area contributed by atoms with Gasteiger partial charge in [0.05, 0.1) is 0 Å². The third-order valence-corrected chi connectivity index (χ3v) is 3.55. The van der Waals surface area contributed by atoms with E-state index in [0.29, 0.717) is 6.54 Å². The van der Waals surface area contributed by atoms with Gasteiger partial charge < -0.3 is 15.5 Å². The van der Waals surface area contributed by atoms with E-state index in [0.717, 1.165) is 31.7 Å². The second-order valence-electron chi connectivity index (χ2n) is 4.65. The number of hydrogen-bond acceptors (Lipinski definition) is 2. The molecule has 0 unspecified atom stereocenters. The Morgan fingerprint density at radius 3 is 2.72 bits per heavy atom. The summed E-state index contributed by atoms with van der Waals surface area (Å²) in [5, 5.41) is 0. The van der Waals surface area contributed by atoms with Gasteiger partial charge in [0.15, 0.2) is 0 Å². The summed E-state index contributed by atoms with van der Waals surface area (Å²) in [6.07, 6.45) is 0.919. The highest BCUT2D eigenvalue weighted by Crippen LogP contribution is 2.22. The summed E-state index contributed by atoms with van der Waals surface area (Å²) in [6, 6.07) is 6.12. The van der Waals surface area contributed by atoms with Gasteiger partial charge in [0.2, 0.25) is 0 Å². The molecule has 1 aromatic rings. The lowest BCUT2D eigenvalue weighted by Crippen LogP contribution is -2.45. The molecule has 4 nitrogen and oxygen atoms in total. The van der Waals surface area contributed by atoms with Crippen molar-refractivity contribution < 1.29 is 4.79 Å². The topological polar surface area (TPSA) is 49.6 Å². The van der Waals surface area contributed by atoms with Crippen LogP contribution in [0, 0.1) is 0 Å². The van der Waals surface area contributed by atoms with Gasteiger partial charge in [-0.25, -0.2) is 4.79 Å². The molecular formula is C14H21N3O. The van der Waals surface area contributed by atoms with Crippen molar-refractivity contribution in [3.63, 3.8) is 0 Å². The van der Waals surface area contributed by atoms with Crippen LogP contribution in [0.2, 0.25) is 0 Å². The number of rotatable bonds is 2. The summed E-state index contributed by atoms with van der Waals surface area (Å²) in [7, 11) is 0. The maximum Gasteiger partial charge on any atom is 0.320 e. The Kier molecular flexibility index (Phi) is 3.75. The Labute approximate surface area is 108 Å². The first kappa shape index (κ1) is 12.7. The van der Waals surface area contributed by atoms with Gasteiger partial charge in [0.1, 0.15) is 0 Å². The number of nitrogen functional groups attached to an aromatic ring is 1. The first-order chi connectivity index (χ1) is 8.65. The number of benzene rings is 1. The van der Waals surface area contributed by atoms with Crippen LogP contribution in [0.1, 0.15) is 25.0 Å². The zero-order chi connectivity index (χ0) is 13.1. The zero-order valence-electron chi connectivity index (χ0n) is 11.1. The lowest BCUT2D eigenvalue weighted by Gasteiger charge is -2.33. The summed E-state index contributed by atoms with van der Waals surface area (Å²) in [4.78, 5) is 16.0. The Morgan fingerprint density at radius 1 is 1.33 bits per heavy atom. The Morgan fingerprint density at radius 2 is 2.06 bits per heavy atom. The number of carbonyl (C=O) groups is 1. The van der Waals surface area contributed by atoms with Crippen molar-refractivity contribution in [1.29, 1.82) is 0 Å². The van der Waals surface area contributed by atoms with Crippen LogP contribution in [0.4, 0.5) is 10.5 Å². The largest absolute Gasteiger partial charge is 0.399 e. The summed E-state index contributed by atoms with van der Waals surface area (Å²) < 4.78 is 0. The molecule has 0 aliphatic carbocycles. The minimum atomic E-state index is 0.132. The Hall–Kier alpha value is -1.71. The standard InChI is InChI=1S/C14H21N3O/c1-3-16(4-2)14(18)17-8-7-11-5-6-13(15)9-12(11)10-17/h5-6,9H,3-4,7-8,10,15H2,1-2H3. The monoisotopic (exact) mass is 247 g/mol. The SMILES string of the molecule is CCN(CC)C(=O)N1CCc2ccc(N)cc2C1. The van der Waals surface area contributed by atoms with Gasteiger partial charge in [0.25, 0.3) is 0 Å². The average molecular weight is 247 g/mol. The van der Waals surface area contributed by atoms with Crippen molar-refractivity contribution in [2.24, 2.45) is 0 Å². The van der Waals surface area contributed by atoms with E-state index >= 15 is 0 Å². The molecule has 0 saturated carbocycles. The maximum atomic E-state index is 12.3. The molecule has 0 atom stereocenters. The molecule has 1 heterocycles. The van der Waals surface area contributed by atoms with Crippen LogP contribution < -0.4 is 5.73 Å². The minimum Gasteiger partial charge on any atom is -0.399 e. The van der Waals surface area contributed by atoms with Crippen molar-refractivity contribution in [2.45, 2.75) is 26.8 Å². The summed E-state index contributed by atoms with van der Waals surface area (Å²) in [5.41, 5.74) is 9.07. The second kappa shape index (κ2) is 5.29. The van der Waals surface area contributed by atoms with Crippen LogP contribution in [-0.2, 0) is 13.0 Å². The molecule has 0 saturated heterocycles. The van der Waals surface area contributed by atoms with Crippen molar-refractivity contribution in [3.8, 4) is 0 Å². The number of nitrogens with two attached hydrogens (primary N) is 1. The number of amides is 2. The van der Waals surface area contributed by atoms with Crippen molar-refractivity contribution >= 4 is 11.7 Å². The van der Waals surface area contributed by atoms with E-state index < -0.39 is 0 Å². The van der Waals surface area contributed by atoms with E-state index in [4.69, 9.17) is 5.73 Å². The van der Waals surface area contributed by atoms with Gasteiger partial charge in [-0.2, -0.15) is 0 Å². The molecule has 98 valence electrons. The van der Waals surface area contributed by atoms with E-state index in [9.17, 15) is 4.79 Å². The van der Waals surface area contributed by atoms with E-state index in [2.05, 4.69) is 6.07 Å². The van der Waals surface area contributed by atoms with Crippen LogP contribution in [-0.4, -0.2) is 35.5 Å². The highest BCUT2D eigenvalue weighted by Gasteiger charge is 2.23. The molecule has 2 N–H and O–H groups in total. The predicted octanol–water partition coefficient (Wildman–Crippen LogP) is 2.09. The quantitative estimate of drug-likeness (QED) is 0.813. The third-order valence-electron chi connectivity index (χ3n) is 3.55. The number of fused-ring (bicyclic) bond motifs is 1. The smallest absolute Gasteiger partial charge is 0.320 e. The molecule has 2 rings (SSSR count). The highest BCUT2D eigenvalue weighted by atomic mass is 16.2. The molecule has 0 aromatic heterocycles. The summed E-state index contributed by atoms with van der Waals surface area (Å²) >= 11 is 0. The first-order valence-electron chi connectivity index (χ1n) is 6.56. The van der Waals surface area contributed by atoms with Crippen molar-refractivity contribution in [3.05, 3.63) is 29.3 Å². The predicted molar refractivity (Wildman–Crippen MR) is 73.3 cm³/mol. The molecule has 1 aliphatic heterocycles. The zero-order valence-corrected chi connectivity index (χ0v) is 11.1. The lowest BCUT2D eigenvalue weighted by molar-refractivity contribution is 0.152. The van der Waals surface area contributed by atoms with Gasteiger partial charge >= 0.3 is 6.03 Å². The fraction of sp³-hybridized carbons (Fsp3) is 0.500. The normalized spacial score (nSPS) is 14.2. The minimum absolute atomic E-state index is 0.132. The number of hydrogen-bond donors (Lipinski definition) is 1. The number of nitrogens with zero attached hydrogens (tertiary/aromatic N) is 2. The molecule has 0 fully saturated rings. The van der Waals surface area contributed by atoms with Gasteiger partial charge in [-0.3, -0.25) is 0 Å². The Balaban J connectivity index is 2.14. The van der Waals surface area contributed by atoms with E-state index in [1.54, 1.807) is 0 Å². The van der Waals surface area contributed by atoms with Gasteiger partial charge in [0, 0.05) is 31.9 Å². The number of carbonyl (C=O) groups excluding carboxylic acids is 1. The van der Waals surface area contributed by atoms with E-state index in [1.807, 2.05) is 35.8 Å². The fourth-order valence-electron chi connectivity index (χ4n) is 2.43. The molecule has 18 heavy (non-hydrogen) atoms. The van der Waals surface area contributed by atoms with Gasteiger partial charge in [-0.05, 0) is 43.5 Å². The van der Waals surface area contributed by atoms with E-state index in [-0.39, 0.29) is 6.03 Å². The number of anilines is 1. The molecule has 0 radical (unpaired) electrons. The van der Waals surface area contributed by atoms with Crippen LogP contribution in [0.5, 0.6) is 0 Å². The molecule has 1 aromatic carbocycles. The summed E-state index contributed by atoms with van der Waals surface area (Å²) in [6.45, 7) is 7.02. The van der Waals surface area contributed by atoms with Gasteiger partial charge in [-0.15, -0.1) is 0 Å². The lowest BCUT2D eigenvalue weighted by atomic mass is 9.99. The van der Waals surface area contributed by atoms with Crippen molar-refractivity contribution in [2.75, 3.05) is 25.4 Å². The molecule has 4 heteroatoms.